The molecule has 0 aromatic carbocycles. The van der Waals surface area contributed by atoms with E-state index < -0.39 is 0 Å². The van der Waals surface area contributed by atoms with Crippen LogP contribution in [-0.4, -0.2) is 4.57 Å². The first-order chi connectivity index (χ1) is 21.3. The predicted molar refractivity (Wildman–Crippen MR) is 193 cm³/mol. The fraction of sp³-hybridized carbons (Fsp3) is 0.927. The average molecular weight is 602 g/mol. The maximum absolute atomic E-state index is 2.64. The third-order valence-corrected chi connectivity index (χ3v) is 9.85. The summed E-state index contributed by atoms with van der Waals surface area (Å²) in [6, 6.07) is 0. The molecular weight excluding hydrogens is 520 g/mol. The lowest BCUT2D eigenvalue weighted by atomic mass is 10.0. The van der Waals surface area contributed by atoms with Crippen LogP contribution in [0.1, 0.15) is 232 Å². The van der Waals surface area contributed by atoms with Crippen molar-refractivity contribution in [3.05, 3.63) is 18.2 Å². The van der Waals surface area contributed by atoms with Crippen molar-refractivity contribution >= 4 is 0 Å². The SMILES string of the molecule is CCCCCCCCCCCCCc1n(CCCCCCCCCCCC)cc[n+]1CCCCCCCCCCCCC. The number of hydrogen-bond acceptors (Lipinski definition) is 0. The second-order valence-electron chi connectivity index (χ2n) is 14.1. The molecule has 1 aromatic rings. The quantitative estimate of drug-likeness (QED) is 0.0540. The molecule has 0 spiro atoms. The van der Waals surface area contributed by atoms with Gasteiger partial charge in [-0.2, -0.15) is 0 Å². The minimum absolute atomic E-state index is 1.23. The fourth-order valence-electron chi connectivity index (χ4n) is 6.86. The maximum Gasteiger partial charge on any atom is 0.256 e. The number of aryl methyl sites for hydroxylation is 2. The molecule has 1 aromatic heterocycles. The summed E-state index contributed by atoms with van der Waals surface area (Å²) in [5.41, 5.74) is 0. The van der Waals surface area contributed by atoms with E-state index in [9.17, 15) is 0 Å². The molecule has 0 radical (unpaired) electrons. The Bertz CT molecular complexity index is 663. The van der Waals surface area contributed by atoms with Crippen molar-refractivity contribution in [3.8, 4) is 0 Å². The molecule has 1 rings (SSSR count). The molecule has 0 amide bonds. The van der Waals surface area contributed by atoms with Gasteiger partial charge in [0.05, 0.1) is 13.1 Å². The first-order valence-electron chi connectivity index (χ1n) is 20.4. The molecule has 0 aliphatic rings. The highest BCUT2D eigenvalue weighted by Crippen LogP contribution is 2.15. The van der Waals surface area contributed by atoms with Crippen LogP contribution in [0.3, 0.4) is 0 Å². The zero-order chi connectivity index (χ0) is 30.9. The standard InChI is InChI=1S/C41H81N2/c1-4-7-10-13-16-19-22-24-27-30-33-36-41-42(37-34-31-28-25-21-18-15-12-9-6-3)39-40-43(41)38-35-32-29-26-23-20-17-14-11-8-5-2/h39-40H,4-38H2,1-3H3/q+1. The molecule has 2 heteroatoms. The monoisotopic (exact) mass is 602 g/mol. The molecule has 0 aliphatic heterocycles. The van der Waals surface area contributed by atoms with E-state index in [1.54, 1.807) is 5.82 Å². The highest BCUT2D eigenvalue weighted by atomic mass is 15.1. The van der Waals surface area contributed by atoms with E-state index in [1.807, 2.05) is 0 Å². The molecule has 0 N–H and O–H groups in total. The van der Waals surface area contributed by atoms with Crippen LogP contribution in [0.15, 0.2) is 12.4 Å². The molecule has 0 saturated carbocycles. The van der Waals surface area contributed by atoms with Gasteiger partial charge in [-0.3, -0.25) is 0 Å². The Hall–Kier alpha value is -0.790. The number of hydrogen-bond donors (Lipinski definition) is 0. The minimum atomic E-state index is 1.23. The first-order valence-corrected chi connectivity index (χ1v) is 20.4. The lowest BCUT2D eigenvalue weighted by molar-refractivity contribution is -0.704. The fourth-order valence-corrected chi connectivity index (χ4v) is 6.86. The van der Waals surface area contributed by atoms with E-state index in [1.165, 1.54) is 225 Å². The highest BCUT2D eigenvalue weighted by molar-refractivity contribution is 4.84. The van der Waals surface area contributed by atoms with Gasteiger partial charge in [-0.15, -0.1) is 0 Å². The molecule has 43 heavy (non-hydrogen) atoms. The smallest absolute Gasteiger partial charge is 0.234 e. The summed E-state index contributed by atoms with van der Waals surface area (Å²) in [5.74, 6) is 1.62. The van der Waals surface area contributed by atoms with Crippen molar-refractivity contribution in [2.75, 3.05) is 0 Å². The van der Waals surface area contributed by atoms with Crippen LogP contribution in [0, 0.1) is 0 Å². The van der Waals surface area contributed by atoms with Crippen LogP contribution in [0.25, 0.3) is 0 Å². The molecule has 0 bridgehead atoms. The molecule has 1 heterocycles. The molecule has 0 atom stereocenters. The summed E-state index contributed by atoms with van der Waals surface area (Å²) < 4.78 is 5.28. The lowest BCUT2D eigenvalue weighted by Crippen LogP contribution is -2.37. The van der Waals surface area contributed by atoms with Gasteiger partial charge in [-0.05, 0) is 32.1 Å². The van der Waals surface area contributed by atoms with Gasteiger partial charge >= 0.3 is 0 Å². The minimum Gasteiger partial charge on any atom is -0.234 e. The van der Waals surface area contributed by atoms with Gasteiger partial charge in [0.25, 0.3) is 5.82 Å². The van der Waals surface area contributed by atoms with Gasteiger partial charge in [0.15, 0.2) is 0 Å². The number of imidazole rings is 1. The molecule has 254 valence electrons. The normalized spacial score (nSPS) is 11.6. The zero-order valence-corrected chi connectivity index (χ0v) is 30.3. The van der Waals surface area contributed by atoms with E-state index in [0.29, 0.717) is 0 Å². The average Bonchev–Trinajstić information content (AvgIpc) is 3.40. The summed E-state index contributed by atoms with van der Waals surface area (Å²) in [7, 11) is 0. The van der Waals surface area contributed by atoms with Crippen LogP contribution in [0.2, 0.25) is 0 Å². The van der Waals surface area contributed by atoms with Gasteiger partial charge < -0.3 is 0 Å². The van der Waals surface area contributed by atoms with Crippen molar-refractivity contribution in [1.29, 1.82) is 0 Å². The van der Waals surface area contributed by atoms with Crippen molar-refractivity contribution in [2.24, 2.45) is 0 Å². The summed E-state index contributed by atoms with van der Waals surface area (Å²) >= 11 is 0. The van der Waals surface area contributed by atoms with Crippen molar-refractivity contribution in [2.45, 2.75) is 246 Å². The van der Waals surface area contributed by atoms with Crippen LogP contribution in [0.5, 0.6) is 0 Å². The second kappa shape index (κ2) is 32.6. The van der Waals surface area contributed by atoms with E-state index in [2.05, 4.69) is 42.3 Å². The van der Waals surface area contributed by atoms with Gasteiger partial charge in [0.2, 0.25) is 0 Å². The van der Waals surface area contributed by atoms with E-state index in [0.717, 1.165) is 0 Å². The summed E-state index contributed by atoms with van der Waals surface area (Å²) in [6.07, 6.45) is 51.9. The third kappa shape index (κ3) is 25.1. The van der Waals surface area contributed by atoms with Crippen molar-refractivity contribution < 1.29 is 4.57 Å². The van der Waals surface area contributed by atoms with Crippen molar-refractivity contribution in [3.63, 3.8) is 0 Å². The van der Waals surface area contributed by atoms with Gasteiger partial charge in [0, 0.05) is 6.42 Å². The first kappa shape index (κ1) is 40.2. The highest BCUT2D eigenvalue weighted by Gasteiger charge is 2.16. The van der Waals surface area contributed by atoms with E-state index >= 15 is 0 Å². The molecule has 0 saturated heterocycles. The second-order valence-corrected chi connectivity index (χ2v) is 14.1. The topological polar surface area (TPSA) is 8.81 Å². The van der Waals surface area contributed by atoms with Crippen LogP contribution in [-0.2, 0) is 19.5 Å². The largest absolute Gasteiger partial charge is 0.256 e. The molecule has 2 nitrogen and oxygen atoms in total. The Kier molecular flexibility index (Phi) is 30.5. The molecule has 0 unspecified atom stereocenters. The Morgan fingerprint density at radius 2 is 0.721 bits per heavy atom. The maximum atomic E-state index is 2.64. The van der Waals surface area contributed by atoms with Crippen molar-refractivity contribution in [1.82, 2.24) is 4.57 Å². The Morgan fingerprint density at radius 1 is 0.395 bits per heavy atom. The Morgan fingerprint density at radius 3 is 1.12 bits per heavy atom. The third-order valence-electron chi connectivity index (χ3n) is 9.85. The van der Waals surface area contributed by atoms with Gasteiger partial charge in [0.1, 0.15) is 12.4 Å². The molecule has 0 fully saturated rings. The van der Waals surface area contributed by atoms with Gasteiger partial charge in [-0.1, -0.05) is 194 Å². The lowest BCUT2D eigenvalue weighted by Gasteiger charge is -2.07. The van der Waals surface area contributed by atoms with Crippen LogP contribution in [0.4, 0.5) is 0 Å². The Labute approximate surface area is 272 Å². The predicted octanol–water partition coefficient (Wildman–Crippen LogP) is 13.9. The molecular formula is C41H81N2+. The number of aromatic nitrogens is 2. The van der Waals surface area contributed by atoms with E-state index in [4.69, 9.17) is 0 Å². The number of rotatable bonds is 35. The van der Waals surface area contributed by atoms with Crippen LogP contribution < -0.4 is 4.57 Å². The molecule has 0 aliphatic carbocycles. The van der Waals surface area contributed by atoms with E-state index in [-0.39, 0.29) is 0 Å². The number of unbranched alkanes of at least 4 members (excludes halogenated alkanes) is 29. The summed E-state index contributed by atoms with van der Waals surface area (Å²) in [5, 5.41) is 0. The summed E-state index contributed by atoms with van der Waals surface area (Å²) in [4.78, 5) is 0. The van der Waals surface area contributed by atoms with Crippen LogP contribution >= 0.6 is 0 Å². The summed E-state index contributed by atoms with van der Waals surface area (Å²) in [6.45, 7) is 9.40. The number of nitrogens with zero attached hydrogens (tertiary/aromatic N) is 2. The van der Waals surface area contributed by atoms with Gasteiger partial charge in [-0.25, -0.2) is 9.13 Å². The zero-order valence-electron chi connectivity index (χ0n) is 30.3. The Balaban J connectivity index is 2.31.